The largest absolute Gasteiger partial charge is 0.389 e. The van der Waals surface area contributed by atoms with Gasteiger partial charge >= 0.3 is 0 Å². The van der Waals surface area contributed by atoms with E-state index in [9.17, 15) is 14.3 Å². The van der Waals surface area contributed by atoms with Crippen LogP contribution in [0.1, 0.15) is 38.1 Å². The fourth-order valence-electron chi connectivity index (χ4n) is 1.82. The molecule has 0 aliphatic rings. The number of hydrogen-bond acceptors (Lipinski definition) is 3. The molecule has 0 radical (unpaired) electrons. The van der Waals surface area contributed by atoms with Crippen LogP contribution in [-0.2, 0) is 0 Å². The second-order valence-corrected chi connectivity index (χ2v) is 5.05. The molecule has 0 fully saturated rings. The highest BCUT2D eigenvalue weighted by Gasteiger charge is 2.20. The van der Waals surface area contributed by atoms with E-state index >= 15 is 0 Å². The number of carbonyl (C=O) groups excluding carboxylic acids is 1. The molecule has 0 heterocycles. The van der Waals surface area contributed by atoms with Crippen LogP contribution < -0.4 is 4.90 Å². The summed E-state index contributed by atoms with van der Waals surface area (Å²) >= 11 is 0. The Balaban J connectivity index is 3.04. The third-order valence-electron chi connectivity index (χ3n) is 2.65. The molecule has 0 bridgehead atoms. The molecule has 3 nitrogen and oxygen atoms in total. The third-order valence-corrected chi connectivity index (χ3v) is 2.65. The number of nitrogens with zero attached hydrogens (tertiary/aromatic N) is 1. The van der Waals surface area contributed by atoms with Gasteiger partial charge in [0, 0.05) is 18.7 Å². The van der Waals surface area contributed by atoms with E-state index in [1.54, 1.807) is 30.9 Å². The number of anilines is 1. The lowest BCUT2D eigenvalue weighted by Gasteiger charge is -2.30. The van der Waals surface area contributed by atoms with Crippen molar-refractivity contribution in [3.8, 4) is 0 Å². The summed E-state index contributed by atoms with van der Waals surface area (Å²) in [5, 5.41) is 9.80. The predicted octanol–water partition coefficient (Wildman–Crippen LogP) is 2.63. The summed E-state index contributed by atoms with van der Waals surface area (Å²) in [7, 11) is 0. The lowest BCUT2D eigenvalue weighted by Crippen LogP contribution is -2.39. The first-order valence-electron chi connectivity index (χ1n) is 6.02. The number of likely N-dealkylation sites (N-methyl/N-ethyl adjacent to an activating group) is 1. The summed E-state index contributed by atoms with van der Waals surface area (Å²) in [6.07, 6.45) is 0. The van der Waals surface area contributed by atoms with Crippen LogP contribution in [0.15, 0.2) is 18.2 Å². The fourth-order valence-corrected chi connectivity index (χ4v) is 1.82. The van der Waals surface area contributed by atoms with Gasteiger partial charge in [0.05, 0.1) is 11.3 Å². The fraction of sp³-hybridized carbons (Fsp3) is 0.500. The normalized spacial score (nSPS) is 11.4. The van der Waals surface area contributed by atoms with Crippen LogP contribution in [0.4, 0.5) is 10.1 Å². The van der Waals surface area contributed by atoms with Crippen molar-refractivity contribution in [1.29, 1.82) is 0 Å². The van der Waals surface area contributed by atoms with Crippen LogP contribution in [0.2, 0.25) is 0 Å². The second-order valence-electron chi connectivity index (χ2n) is 5.05. The van der Waals surface area contributed by atoms with E-state index in [1.807, 2.05) is 6.92 Å². The molecular formula is C14H20FNO2. The predicted molar refractivity (Wildman–Crippen MR) is 70.6 cm³/mol. The first-order chi connectivity index (χ1) is 8.24. The van der Waals surface area contributed by atoms with Gasteiger partial charge < -0.3 is 10.0 Å². The zero-order valence-electron chi connectivity index (χ0n) is 11.3. The van der Waals surface area contributed by atoms with Crippen molar-refractivity contribution < 1.29 is 14.3 Å². The highest BCUT2D eigenvalue weighted by Crippen LogP contribution is 2.22. The number of benzene rings is 1. The highest BCUT2D eigenvalue weighted by atomic mass is 19.1. The number of Topliss-reactive ketones (excluding diaryl/α,β-unsaturated/α-hetero) is 1. The van der Waals surface area contributed by atoms with Crippen molar-refractivity contribution in [3.05, 3.63) is 29.6 Å². The zero-order chi connectivity index (χ0) is 13.9. The van der Waals surface area contributed by atoms with E-state index in [0.717, 1.165) is 0 Å². The molecule has 0 saturated heterocycles. The molecule has 4 heteroatoms. The summed E-state index contributed by atoms with van der Waals surface area (Å²) in [6.45, 7) is 7.57. The van der Waals surface area contributed by atoms with Gasteiger partial charge in [-0.2, -0.15) is 0 Å². The molecule has 100 valence electrons. The minimum absolute atomic E-state index is 0.161. The number of hydrogen-bond donors (Lipinski definition) is 1. The Morgan fingerprint density at radius 2 is 2.06 bits per heavy atom. The first-order valence-corrected chi connectivity index (χ1v) is 6.02. The van der Waals surface area contributed by atoms with Gasteiger partial charge in [0.1, 0.15) is 5.82 Å². The molecule has 18 heavy (non-hydrogen) atoms. The number of aliphatic hydroxyl groups is 1. The van der Waals surface area contributed by atoms with Crippen molar-refractivity contribution in [1.82, 2.24) is 0 Å². The molecule has 0 aliphatic heterocycles. The second kappa shape index (κ2) is 5.48. The maximum absolute atomic E-state index is 13.9. The van der Waals surface area contributed by atoms with E-state index in [2.05, 4.69) is 0 Å². The SMILES string of the molecule is CCN(CC(C)(C)O)c1ccc(C(C)=O)cc1F. The molecular weight excluding hydrogens is 233 g/mol. The molecule has 1 aromatic carbocycles. The van der Waals surface area contributed by atoms with E-state index in [0.29, 0.717) is 24.3 Å². The highest BCUT2D eigenvalue weighted by molar-refractivity contribution is 5.94. The Hall–Kier alpha value is -1.42. The molecule has 1 aromatic rings. The van der Waals surface area contributed by atoms with Crippen LogP contribution in [-0.4, -0.2) is 29.6 Å². The number of halogens is 1. The van der Waals surface area contributed by atoms with Crippen molar-refractivity contribution in [3.63, 3.8) is 0 Å². The Morgan fingerprint density at radius 3 is 2.44 bits per heavy atom. The summed E-state index contributed by atoms with van der Waals surface area (Å²) in [5.41, 5.74) is -0.137. The van der Waals surface area contributed by atoms with E-state index in [4.69, 9.17) is 0 Å². The summed E-state index contributed by atoms with van der Waals surface area (Å²) in [6, 6.07) is 4.43. The zero-order valence-corrected chi connectivity index (χ0v) is 11.3. The minimum atomic E-state index is -0.901. The number of carbonyl (C=O) groups is 1. The van der Waals surface area contributed by atoms with Gasteiger partial charge in [0.25, 0.3) is 0 Å². The van der Waals surface area contributed by atoms with Crippen molar-refractivity contribution in [2.24, 2.45) is 0 Å². The van der Waals surface area contributed by atoms with Gasteiger partial charge in [-0.15, -0.1) is 0 Å². The van der Waals surface area contributed by atoms with Crippen LogP contribution in [0, 0.1) is 5.82 Å². The maximum Gasteiger partial charge on any atom is 0.159 e. The smallest absolute Gasteiger partial charge is 0.159 e. The monoisotopic (exact) mass is 253 g/mol. The van der Waals surface area contributed by atoms with Crippen LogP contribution in [0.5, 0.6) is 0 Å². The van der Waals surface area contributed by atoms with Crippen LogP contribution in [0.25, 0.3) is 0 Å². The lowest BCUT2D eigenvalue weighted by atomic mass is 10.1. The van der Waals surface area contributed by atoms with Gasteiger partial charge in [-0.3, -0.25) is 4.79 Å². The molecule has 1 N–H and O–H groups in total. The molecule has 0 amide bonds. The summed E-state index contributed by atoms with van der Waals surface area (Å²) in [5.74, 6) is -0.597. The molecule has 1 rings (SSSR count). The van der Waals surface area contributed by atoms with Gasteiger partial charge in [-0.1, -0.05) is 0 Å². The van der Waals surface area contributed by atoms with E-state index in [-0.39, 0.29) is 5.78 Å². The van der Waals surface area contributed by atoms with Gasteiger partial charge in [-0.25, -0.2) is 4.39 Å². The molecule has 0 spiro atoms. The Bertz CT molecular complexity index is 438. The van der Waals surface area contributed by atoms with E-state index < -0.39 is 11.4 Å². The van der Waals surface area contributed by atoms with Gasteiger partial charge in [-0.05, 0) is 45.9 Å². The Morgan fingerprint density at radius 1 is 1.44 bits per heavy atom. The van der Waals surface area contributed by atoms with E-state index in [1.165, 1.54) is 13.0 Å². The maximum atomic E-state index is 13.9. The van der Waals surface area contributed by atoms with Crippen LogP contribution >= 0.6 is 0 Å². The number of ketones is 1. The van der Waals surface area contributed by atoms with Gasteiger partial charge in [0.2, 0.25) is 0 Å². The third kappa shape index (κ3) is 3.81. The standard InChI is InChI=1S/C14H20FNO2/c1-5-16(9-14(3,4)18)13-7-6-11(10(2)17)8-12(13)15/h6-8,18H,5,9H2,1-4H3. The Kier molecular flexibility index (Phi) is 4.46. The molecule has 0 saturated carbocycles. The van der Waals surface area contributed by atoms with Gasteiger partial charge in [0.15, 0.2) is 5.78 Å². The molecule has 0 aliphatic carbocycles. The minimum Gasteiger partial charge on any atom is -0.389 e. The average molecular weight is 253 g/mol. The molecule has 0 atom stereocenters. The van der Waals surface area contributed by atoms with Crippen molar-refractivity contribution in [2.45, 2.75) is 33.3 Å². The average Bonchev–Trinajstić information content (AvgIpc) is 2.24. The van der Waals surface area contributed by atoms with Crippen molar-refractivity contribution >= 4 is 11.5 Å². The topological polar surface area (TPSA) is 40.5 Å². The Labute approximate surface area is 107 Å². The van der Waals surface area contributed by atoms with Crippen LogP contribution in [0.3, 0.4) is 0 Å². The molecule has 0 aromatic heterocycles. The molecule has 0 unspecified atom stereocenters. The lowest BCUT2D eigenvalue weighted by molar-refractivity contribution is 0.0874. The summed E-state index contributed by atoms with van der Waals surface area (Å²) < 4.78 is 13.9. The number of rotatable bonds is 5. The summed E-state index contributed by atoms with van der Waals surface area (Å²) in [4.78, 5) is 12.9. The van der Waals surface area contributed by atoms with Crippen molar-refractivity contribution in [2.75, 3.05) is 18.0 Å². The first kappa shape index (κ1) is 14.6. The quantitative estimate of drug-likeness (QED) is 0.820.